The molecule has 1 aromatic rings. The van der Waals surface area contributed by atoms with Crippen LogP contribution in [0, 0.1) is 0 Å². The zero-order chi connectivity index (χ0) is 11.4. The summed E-state index contributed by atoms with van der Waals surface area (Å²) in [5.74, 6) is 0. The van der Waals surface area contributed by atoms with Gasteiger partial charge in [-0.2, -0.15) is 0 Å². The third kappa shape index (κ3) is 2.44. The molecule has 1 saturated heterocycles. The van der Waals surface area contributed by atoms with Crippen molar-refractivity contribution >= 4 is 22.6 Å². The quantitative estimate of drug-likeness (QED) is 0.802. The van der Waals surface area contributed by atoms with E-state index in [4.69, 9.17) is 5.11 Å². The van der Waals surface area contributed by atoms with Crippen molar-refractivity contribution in [1.82, 2.24) is 0 Å². The van der Waals surface area contributed by atoms with Gasteiger partial charge in [0, 0.05) is 19.2 Å². The molecule has 88 valence electrons. The van der Waals surface area contributed by atoms with Crippen LogP contribution >= 0.6 is 11.3 Å². The molecule has 1 aliphatic rings. The molecule has 16 heavy (non-hydrogen) atoms. The standard InChI is InChI=1S/C12H17NO2S/c14-8-2-4-10-3-1-7-13(10)12-6-5-11(9-15)16-12/h5-6,9-10,14H,1-4,7-8H2. The second-order valence-electron chi connectivity index (χ2n) is 4.15. The first-order valence-electron chi connectivity index (χ1n) is 5.77. The molecule has 1 aliphatic heterocycles. The van der Waals surface area contributed by atoms with Crippen LogP contribution in [-0.4, -0.2) is 30.6 Å². The van der Waals surface area contributed by atoms with Crippen molar-refractivity contribution in [2.24, 2.45) is 0 Å². The highest BCUT2D eigenvalue weighted by Gasteiger charge is 2.25. The summed E-state index contributed by atoms with van der Waals surface area (Å²) in [7, 11) is 0. The highest BCUT2D eigenvalue weighted by molar-refractivity contribution is 7.17. The Balaban J connectivity index is 2.03. The molecule has 0 spiro atoms. The van der Waals surface area contributed by atoms with E-state index in [1.165, 1.54) is 17.8 Å². The Labute approximate surface area is 99.7 Å². The molecule has 1 fully saturated rings. The van der Waals surface area contributed by atoms with Gasteiger partial charge >= 0.3 is 0 Å². The fraction of sp³-hybridized carbons (Fsp3) is 0.583. The van der Waals surface area contributed by atoms with Gasteiger partial charge in [0.15, 0.2) is 6.29 Å². The molecular weight excluding hydrogens is 222 g/mol. The summed E-state index contributed by atoms with van der Waals surface area (Å²) in [6.45, 7) is 1.35. The number of hydrogen-bond acceptors (Lipinski definition) is 4. The third-order valence-electron chi connectivity index (χ3n) is 3.08. The lowest BCUT2D eigenvalue weighted by Gasteiger charge is -2.24. The van der Waals surface area contributed by atoms with E-state index in [0.29, 0.717) is 6.04 Å². The number of nitrogens with zero attached hydrogens (tertiary/aromatic N) is 1. The van der Waals surface area contributed by atoms with E-state index in [2.05, 4.69) is 4.90 Å². The smallest absolute Gasteiger partial charge is 0.160 e. The lowest BCUT2D eigenvalue weighted by Crippen LogP contribution is -2.28. The van der Waals surface area contributed by atoms with E-state index in [9.17, 15) is 4.79 Å². The zero-order valence-electron chi connectivity index (χ0n) is 9.26. The van der Waals surface area contributed by atoms with Gasteiger partial charge in [0.25, 0.3) is 0 Å². The van der Waals surface area contributed by atoms with Gasteiger partial charge in [-0.1, -0.05) is 0 Å². The Morgan fingerprint density at radius 2 is 2.44 bits per heavy atom. The number of rotatable bonds is 5. The van der Waals surface area contributed by atoms with Gasteiger partial charge in [0.1, 0.15) is 0 Å². The van der Waals surface area contributed by atoms with Crippen molar-refractivity contribution in [3.63, 3.8) is 0 Å². The summed E-state index contributed by atoms with van der Waals surface area (Å²) in [5.41, 5.74) is 0. The van der Waals surface area contributed by atoms with Crippen LogP contribution in [0.25, 0.3) is 0 Å². The summed E-state index contributed by atoms with van der Waals surface area (Å²) in [4.78, 5) is 13.8. The van der Waals surface area contributed by atoms with Crippen molar-refractivity contribution < 1.29 is 9.90 Å². The largest absolute Gasteiger partial charge is 0.396 e. The molecule has 1 N–H and O–H groups in total. The molecule has 0 aromatic carbocycles. The van der Waals surface area contributed by atoms with Crippen LogP contribution in [-0.2, 0) is 0 Å². The Kier molecular flexibility index (Phi) is 3.96. The average Bonchev–Trinajstić information content (AvgIpc) is 2.94. The maximum Gasteiger partial charge on any atom is 0.160 e. The van der Waals surface area contributed by atoms with Gasteiger partial charge in [-0.05, 0) is 37.8 Å². The predicted octanol–water partition coefficient (Wildman–Crippen LogP) is 2.30. The second-order valence-corrected chi connectivity index (χ2v) is 5.24. The van der Waals surface area contributed by atoms with Gasteiger partial charge < -0.3 is 10.0 Å². The number of anilines is 1. The minimum Gasteiger partial charge on any atom is -0.396 e. The minimum absolute atomic E-state index is 0.272. The number of hydrogen-bond donors (Lipinski definition) is 1. The molecule has 1 aromatic heterocycles. The van der Waals surface area contributed by atoms with Crippen molar-refractivity contribution in [1.29, 1.82) is 0 Å². The molecule has 0 bridgehead atoms. The van der Waals surface area contributed by atoms with Crippen LogP contribution in [0.5, 0.6) is 0 Å². The summed E-state index contributed by atoms with van der Waals surface area (Å²) in [6, 6.07) is 4.46. The van der Waals surface area contributed by atoms with Crippen LogP contribution < -0.4 is 4.90 Å². The van der Waals surface area contributed by atoms with Crippen molar-refractivity contribution in [2.45, 2.75) is 31.7 Å². The van der Waals surface area contributed by atoms with E-state index in [1.54, 1.807) is 11.3 Å². The Morgan fingerprint density at radius 3 is 3.12 bits per heavy atom. The molecular formula is C12H17NO2S. The number of thiophene rings is 1. The number of aliphatic hydroxyl groups is 1. The fourth-order valence-corrected chi connectivity index (χ4v) is 3.23. The maximum atomic E-state index is 10.6. The first kappa shape index (κ1) is 11.6. The van der Waals surface area contributed by atoms with E-state index >= 15 is 0 Å². The van der Waals surface area contributed by atoms with E-state index < -0.39 is 0 Å². The first-order valence-corrected chi connectivity index (χ1v) is 6.59. The number of aldehydes is 1. The summed E-state index contributed by atoms with van der Waals surface area (Å²) in [5, 5.41) is 10.1. The fourth-order valence-electron chi connectivity index (χ4n) is 2.31. The van der Waals surface area contributed by atoms with E-state index in [1.807, 2.05) is 12.1 Å². The van der Waals surface area contributed by atoms with Crippen LogP contribution in [0.1, 0.15) is 35.4 Å². The molecule has 0 radical (unpaired) electrons. The van der Waals surface area contributed by atoms with E-state index in [0.717, 1.165) is 30.5 Å². The number of carbonyl (C=O) groups is 1. The summed E-state index contributed by atoms with van der Waals surface area (Å²) in [6.07, 6.45) is 5.24. The molecule has 2 rings (SSSR count). The van der Waals surface area contributed by atoms with Crippen LogP contribution in [0.2, 0.25) is 0 Å². The van der Waals surface area contributed by atoms with Crippen molar-refractivity contribution in [3.05, 3.63) is 17.0 Å². The minimum atomic E-state index is 0.272. The van der Waals surface area contributed by atoms with Crippen LogP contribution in [0.3, 0.4) is 0 Å². The highest BCUT2D eigenvalue weighted by Crippen LogP contribution is 2.32. The molecule has 3 nitrogen and oxygen atoms in total. The third-order valence-corrected chi connectivity index (χ3v) is 4.13. The first-order chi connectivity index (χ1) is 7.85. The number of aliphatic hydroxyl groups excluding tert-OH is 1. The second kappa shape index (κ2) is 5.46. The molecule has 0 amide bonds. The SMILES string of the molecule is O=Cc1ccc(N2CCCC2CCCO)s1. The van der Waals surface area contributed by atoms with Gasteiger partial charge in [-0.25, -0.2) is 0 Å². The Bertz CT molecular complexity index is 351. The van der Waals surface area contributed by atoms with Crippen LogP contribution in [0.4, 0.5) is 5.00 Å². The zero-order valence-corrected chi connectivity index (χ0v) is 10.1. The van der Waals surface area contributed by atoms with Crippen molar-refractivity contribution in [3.8, 4) is 0 Å². The lowest BCUT2D eigenvalue weighted by molar-refractivity contribution is 0.112. The lowest BCUT2D eigenvalue weighted by atomic mass is 10.1. The Hall–Kier alpha value is -0.870. The predicted molar refractivity (Wildman–Crippen MR) is 66.4 cm³/mol. The molecule has 0 aliphatic carbocycles. The normalized spacial score (nSPS) is 20.3. The van der Waals surface area contributed by atoms with E-state index in [-0.39, 0.29) is 6.61 Å². The van der Waals surface area contributed by atoms with Gasteiger partial charge in [0.05, 0.1) is 9.88 Å². The van der Waals surface area contributed by atoms with Gasteiger partial charge in [-0.3, -0.25) is 4.79 Å². The van der Waals surface area contributed by atoms with Crippen molar-refractivity contribution in [2.75, 3.05) is 18.1 Å². The molecule has 2 heterocycles. The maximum absolute atomic E-state index is 10.6. The summed E-state index contributed by atoms with van der Waals surface area (Å²) >= 11 is 1.56. The average molecular weight is 239 g/mol. The molecule has 0 saturated carbocycles. The topological polar surface area (TPSA) is 40.5 Å². The molecule has 4 heteroatoms. The van der Waals surface area contributed by atoms with Gasteiger partial charge in [0.2, 0.25) is 0 Å². The van der Waals surface area contributed by atoms with Gasteiger partial charge in [-0.15, -0.1) is 11.3 Å². The number of carbonyl (C=O) groups excluding carboxylic acids is 1. The molecule has 1 atom stereocenters. The highest BCUT2D eigenvalue weighted by atomic mass is 32.1. The molecule has 1 unspecified atom stereocenters. The van der Waals surface area contributed by atoms with Crippen LogP contribution in [0.15, 0.2) is 12.1 Å². The monoisotopic (exact) mass is 239 g/mol. The Morgan fingerprint density at radius 1 is 1.56 bits per heavy atom. The summed E-state index contributed by atoms with van der Waals surface area (Å²) < 4.78 is 0.